The van der Waals surface area contributed by atoms with Crippen LogP contribution in [0, 0.1) is 6.92 Å². The van der Waals surface area contributed by atoms with Gasteiger partial charge < -0.3 is 19.7 Å². The zero-order valence-corrected chi connectivity index (χ0v) is 15.3. The van der Waals surface area contributed by atoms with Gasteiger partial charge in [0.15, 0.2) is 0 Å². The lowest BCUT2D eigenvalue weighted by atomic mass is 10.2. The van der Waals surface area contributed by atoms with E-state index in [1.165, 1.54) is 4.90 Å². The van der Waals surface area contributed by atoms with Crippen LogP contribution in [0.1, 0.15) is 12.0 Å². The highest BCUT2D eigenvalue weighted by molar-refractivity contribution is 5.94. The van der Waals surface area contributed by atoms with Crippen LogP contribution in [0.5, 0.6) is 11.5 Å². The normalized spacial score (nSPS) is 10.1. The van der Waals surface area contributed by atoms with Gasteiger partial charge in [0.05, 0.1) is 26.7 Å². The second kappa shape index (κ2) is 9.46. The highest BCUT2D eigenvalue weighted by atomic mass is 16.5. The SMILES string of the molecule is COc1ccc(NC(=O)CN(C)C(=O)CCOc2ccccc2C)cc1. The van der Waals surface area contributed by atoms with Crippen LogP contribution in [0.4, 0.5) is 5.69 Å². The van der Waals surface area contributed by atoms with Crippen LogP contribution in [0.25, 0.3) is 0 Å². The van der Waals surface area contributed by atoms with Gasteiger partial charge in [-0.2, -0.15) is 0 Å². The number of amides is 2. The molecule has 0 heterocycles. The van der Waals surface area contributed by atoms with Crippen LogP contribution in [0.3, 0.4) is 0 Å². The fourth-order valence-corrected chi connectivity index (χ4v) is 2.34. The maximum absolute atomic E-state index is 12.1. The summed E-state index contributed by atoms with van der Waals surface area (Å²) < 4.78 is 10.7. The predicted molar refractivity (Wildman–Crippen MR) is 101 cm³/mol. The number of nitrogens with one attached hydrogen (secondary N) is 1. The molecule has 1 N–H and O–H groups in total. The monoisotopic (exact) mass is 356 g/mol. The van der Waals surface area contributed by atoms with Crippen LogP contribution < -0.4 is 14.8 Å². The minimum Gasteiger partial charge on any atom is -0.497 e. The van der Waals surface area contributed by atoms with Gasteiger partial charge in [-0.25, -0.2) is 0 Å². The minimum absolute atomic E-state index is 0.0186. The lowest BCUT2D eigenvalue weighted by molar-refractivity contribution is -0.133. The Balaban J connectivity index is 1.75. The summed E-state index contributed by atoms with van der Waals surface area (Å²) in [5, 5.41) is 2.75. The summed E-state index contributed by atoms with van der Waals surface area (Å²) in [4.78, 5) is 25.6. The Kier molecular flexibility index (Phi) is 7.02. The predicted octanol–water partition coefficient (Wildman–Crippen LogP) is 2.87. The molecule has 138 valence electrons. The zero-order chi connectivity index (χ0) is 18.9. The van der Waals surface area contributed by atoms with Crippen molar-refractivity contribution in [3.8, 4) is 11.5 Å². The Labute approximate surface area is 153 Å². The van der Waals surface area contributed by atoms with Crippen molar-refractivity contribution in [2.24, 2.45) is 0 Å². The molecule has 0 aromatic heterocycles. The number of carbonyl (C=O) groups excluding carboxylic acids is 2. The number of hydrogen-bond acceptors (Lipinski definition) is 4. The molecule has 0 saturated carbocycles. The van der Waals surface area contributed by atoms with Crippen molar-refractivity contribution >= 4 is 17.5 Å². The van der Waals surface area contributed by atoms with Crippen LogP contribution in [0.2, 0.25) is 0 Å². The van der Waals surface area contributed by atoms with Gasteiger partial charge >= 0.3 is 0 Å². The van der Waals surface area contributed by atoms with Crippen molar-refractivity contribution in [3.63, 3.8) is 0 Å². The summed E-state index contributed by atoms with van der Waals surface area (Å²) in [6.45, 7) is 2.20. The van der Waals surface area contributed by atoms with Gasteiger partial charge in [-0.05, 0) is 42.8 Å². The Morgan fingerprint density at radius 3 is 2.42 bits per heavy atom. The average Bonchev–Trinajstić information content (AvgIpc) is 2.63. The standard InChI is InChI=1S/C20H24N2O4/c1-15-6-4-5-7-18(15)26-13-12-20(24)22(2)14-19(23)21-16-8-10-17(25-3)11-9-16/h4-11H,12-14H2,1-3H3,(H,21,23). The summed E-state index contributed by atoms with van der Waals surface area (Å²) in [5.74, 6) is 1.07. The third-order valence-electron chi connectivity index (χ3n) is 3.85. The summed E-state index contributed by atoms with van der Waals surface area (Å²) >= 11 is 0. The van der Waals surface area contributed by atoms with E-state index in [-0.39, 0.29) is 31.4 Å². The number of nitrogens with zero attached hydrogens (tertiary/aromatic N) is 1. The average molecular weight is 356 g/mol. The zero-order valence-electron chi connectivity index (χ0n) is 15.3. The van der Waals surface area contributed by atoms with Crippen LogP contribution >= 0.6 is 0 Å². The van der Waals surface area contributed by atoms with E-state index in [0.29, 0.717) is 11.4 Å². The largest absolute Gasteiger partial charge is 0.497 e. The molecule has 2 rings (SSSR count). The van der Waals surface area contributed by atoms with E-state index >= 15 is 0 Å². The van der Waals surface area contributed by atoms with Gasteiger partial charge in [-0.3, -0.25) is 9.59 Å². The van der Waals surface area contributed by atoms with Crippen molar-refractivity contribution in [2.75, 3.05) is 32.6 Å². The second-order valence-corrected chi connectivity index (χ2v) is 5.89. The summed E-state index contributed by atoms with van der Waals surface area (Å²) in [5.41, 5.74) is 1.67. The Morgan fingerprint density at radius 1 is 1.08 bits per heavy atom. The molecule has 0 spiro atoms. The van der Waals surface area contributed by atoms with Gasteiger partial charge in [-0.15, -0.1) is 0 Å². The third kappa shape index (κ3) is 5.81. The first-order valence-electron chi connectivity index (χ1n) is 8.36. The highest BCUT2D eigenvalue weighted by Crippen LogP contribution is 2.16. The number of carbonyl (C=O) groups is 2. The molecule has 0 bridgehead atoms. The number of rotatable bonds is 8. The number of ether oxygens (including phenoxy) is 2. The topological polar surface area (TPSA) is 67.9 Å². The van der Waals surface area contributed by atoms with E-state index in [1.54, 1.807) is 38.4 Å². The summed E-state index contributed by atoms with van der Waals surface area (Å²) in [7, 11) is 3.18. The van der Waals surface area contributed by atoms with E-state index in [9.17, 15) is 9.59 Å². The molecule has 2 aromatic carbocycles. The van der Waals surface area contributed by atoms with Gasteiger partial charge in [0.1, 0.15) is 11.5 Å². The molecule has 0 aliphatic rings. The third-order valence-corrected chi connectivity index (χ3v) is 3.85. The van der Waals surface area contributed by atoms with E-state index < -0.39 is 0 Å². The van der Waals surface area contributed by atoms with E-state index in [2.05, 4.69) is 5.32 Å². The molecule has 0 fully saturated rings. The van der Waals surface area contributed by atoms with E-state index in [0.717, 1.165) is 11.3 Å². The Morgan fingerprint density at radius 2 is 1.77 bits per heavy atom. The number of hydrogen-bond donors (Lipinski definition) is 1. The molecule has 2 amide bonds. The minimum atomic E-state index is -0.258. The van der Waals surface area contributed by atoms with Crippen molar-refractivity contribution < 1.29 is 19.1 Å². The molecule has 0 unspecified atom stereocenters. The molecule has 2 aromatic rings. The number of likely N-dealkylation sites (N-methyl/N-ethyl adjacent to an activating group) is 1. The Hall–Kier alpha value is -3.02. The first kappa shape index (κ1) is 19.3. The molecule has 6 heteroatoms. The lowest BCUT2D eigenvalue weighted by Crippen LogP contribution is -2.35. The smallest absolute Gasteiger partial charge is 0.243 e. The molecular formula is C20H24N2O4. The lowest BCUT2D eigenvalue weighted by Gasteiger charge is -2.17. The van der Waals surface area contributed by atoms with Gasteiger partial charge in [0.2, 0.25) is 11.8 Å². The molecule has 0 radical (unpaired) electrons. The van der Waals surface area contributed by atoms with Crippen LogP contribution in [-0.4, -0.2) is 44.0 Å². The van der Waals surface area contributed by atoms with Crippen LogP contribution in [0.15, 0.2) is 48.5 Å². The second-order valence-electron chi connectivity index (χ2n) is 5.89. The van der Waals surface area contributed by atoms with Gasteiger partial charge in [0.25, 0.3) is 0 Å². The van der Waals surface area contributed by atoms with E-state index in [4.69, 9.17) is 9.47 Å². The number of benzene rings is 2. The maximum atomic E-state index is 12.1. The molecule has 6 nitrogen and oxygen atoms in total. The molecular weight excluding hydrogens is 332 g/mol. The number of methoxy groups -OCH3 is 1. The van der Waals surface area contributed by atoms with Crippen molar-refractivity contribution in [3.05, 3.63) is 54.1 Å². The fraction of sp³-hybridized carbons (Fsp3) is 0.300. The molecule has 26 heavy (non-hydrogen) atoms. The molecule has 0 saturated heterocycles. The van der Waals surface area contributed by atoms with Crippen LogP contribution in [-0.2, 0) is 9.59 Å². The van der Waals surface area contributed by atoms with Crippen molar-refractivity contribution in [2.45, 2.75) is 13.3 Å². The maximum Gasteiger partial charge on any atom is 0.243 e. The first-order valence-corrected chi connectivity index (χ1v) is 8.36. The summed E-state index contributed by atoms with van der Waals surface area (Å²) in [6.07, 6.45) is 0.209. The van der Waals surface area contributed by atoms with Gasteiger partial charge in [0, 0.05) is 12.7 Å². The van der Waals surface area contributed by atoms with Gasteiger partial charge in [-0.1, -0.05) is 18.2 Å². The number of para-hydroxylation sites is 1. The molecule has 0 aliphatic carbocycles. The first-order chi connectivity index (χ1) is 12.5. The highest BCUT2D eigenvalue weighted by Gasteiger charge is 2.13. The number of aryl methyl sites for hydroxylation is 1. The number of anilines is 1. The molecule has 0 atom stereocenters. The summed E-state index contributed by atoms with van der Waals surface area (Å²) in [6, 6.07) is 14.6. The fourth-order valence-electron chi connectivity index (χ4n) is 2.34. The Bertz CT molecular complexity index is 744. The van der Waals surface area contributed by atoms with Crippen molar-refractivity contribution in [1.82, 2.24) is 4.90 Å². The quantitative estimate of drug-likeness (QED) is 0.790. The van der Waals surface area contributed by atoms with E-state index in [1.807, 2.05) is 31.2 Å². The molecule has 0 aliphatic heterocycles. The van der Waals surface area contributed by atoms with Crippen molar-refractivity contribution in [1.29, 1.82) is 0 Å².